The molecule has 0 bridgehead atoms. The zero-order chi connectivity index (χ0) is 18.8. The molecule has 1 heterocycles. The number of rotatable bonds is 9. The smallest absolute Gasteiger partial charge is 0.188 e. The van der Waals surface area contributed by atoms with Crippen molar-refractivity contribution < 1.29 is 0 Å². The number of likely N-dealkylation sites (N-methyl/N-ethyl adjacent to an activating group) is 1. The van der Waals surface area contributed by atoms with Gasteiger partial charge in [-0.05, 0) is 36.9 Å². The Labute approximate surface area is 184 Å². The van der Waals surface area contributed by atoms with Gasteiger partial charge in [-0.15, -0.1) is 24.0 Å². The molecule has 148 valence electrons. The predicted octanol–water partition coefficient (Wildman–Crippen LogP) is 3.88. The molecule has 2 aromatic rings. The van der Waals surface area contributed by atoms with Gasteiger partial charge >= 0.3 is 0 Å². The highest BCUT2D eigenvalue weighted by Crippen LogP contribution is 2.27. The number of halogens is 2. The van der Waals surface area contributed by atoms with Crippen molar-refractivity contribution in [1.29, 1.82) is 0 Å². The van der Waals surface area contributed by atoms with Gasteiger partial charge in [0.25, 0.3) is 0 Å². The maximum absolute atomic E-state index is 6.41. The normalized spacial score (nSPS) is 12.5. The average Bonchev–Trinajstić information content (AvgIpc) is 2.67. The van der Waals surface area contributed by atoms with Gasteiger partial charge in [0.2, 0.25) is 0 Å². The third kappa shape index (κ3) is 7.63. The summed E-state index contributed by atoms with van der Waals surface area (Å²) in [6.07, 6.45) is 2.60. The number of aliphatic imine (C=N–C) groups is 1. The molecule has 5 nitrogen and oxygen atoms in total. The number of pyridine rings is 1. The highest BCUT2D eigenvalue weighted by molar-refractivity contribution is 14.0. The molecule has 0 amide bonds. The van der Waals surface area contributed by atoms with E-state index in [1.165, 1.54) is 0 Å². The van der Waals surface area contributed by atoms with E-state index >= 15 is 0 Å². The van der Waals surface area contributed by atoms with Gasteiger partial charge in [0.15, 0.2) is 5.96 Å². The van der Waals surface area contributed by atoms with Gasteiger partial charge in [0.1, 0.15) is 0 Å². The summed E-state index contributed by atoms with van der Waals surface area (Å²) in [6.45, 7) is 7.41. The van der Waals surface area contributed by atoms with Gasteiger partial charge < -0.3 is 11.1 Å². The van der Waals surface area contributed by atoms with Crippen LogP contribution in [0.5, 0.6) is 0 Å². The van der Waals surface area contributed by atoms with E-state index in [1.807, 2.05) is 36.4 Å². The third-order valence-electron chi connectivity index (χ3n) is 4.37. The molecule has 27 heavy (non-hydrogen) atoms. The molecule has 0 aliphatic rings. The fourth-order valence-corrected chi connectivity index (χ4v) is 3.19. The third-order valence-corrected chi connectivity index (χ3v) is 4.71. The summed E-state index contributed by atoms with van der Waals surface area (Å²) in [7, 11) is 0. The zero-order valence-corrected chi connectivity index (χ0v) is 19.0. The number of aromatic nitrogens is 1. The van der Waals surface area contributed by atoms with Crippen LogP contribution in [0.15, 0.2) is 53.7 Å². The highest BCUT2D eigenvalue weighted by Gasteiger charge is 2.20. The number of nitrogens with two attached hydrogens (primary N) is 1. The van der Waals surface area contributed by atoms with Gasteiger partial charge in [-0.25, -0.2) is 0 Å². The molecule has 0 aliphatic heterocycles. The van der Waals surface area contributed by atoms with E-state index < -0.39 is 0 Å². The molecule has 1 aromatic heterocycles. The first-order valence-corrected chi connectivity index (χ1v) is 9.45. The van der Waals surface area contributed by atoms with Crippen molar-refractivity contribution in [3.63, 3.8) is 0 Å². The van der Waals surface area contributed by atoms with Crippen LogP contribution < -0.4 is 11.1 Å². The zero-order valence-electron chi connectivity index (χ0n) is 15.9. The second-order valence-corrected chi connectivity index (χ2v) is 6.39. The van der Waals surface area contributed by atoms with Crippen molar-refractivity contribution in [2.24, 2.45) is 10.7 Å². The van der Waals surface area contributed by atoms with Crippen LogP contribution in [0.3, 0.4) is 0 Å². The van der Waals surface area contributed by atoms with Crippen LogP contribution in [0.2, 0.25) is 5.02 Å². The first-order valence-electron chi connectivity index (χ1n) is 9.07. The minimum absolute atomic E-state index is 0. The van der Waals surface area contributed by atoms with Gasteiger partial charge in [-0.3, -0.25) is 14.9 Å². The monoisotopic (exact) mass is 501 g/mol. The first kappa shape index (κ1) is 23.7. The van der Waals surface area contributed by atoms with Gasteiger partial charge in [-0.1, -0.05) is 49.7 Å². The second-order valence-electron chi connectivity index (χ2n) is 5.98. The average molecular weight is 502 g/mol. The molecule has 7 heteroatoms. The van der Waals surface area contributed by atoms with Crippen LogP contribution in [0.4, 0.5) is 0 Å². The molecular weight excluding hydrogens is 473 g/mol. The van der Waals surface area contributed by atoms with E-state index in [1.54, 1.807) is 6.20 Å². The van der Waals surface area contributed by atoms with Gasteiger partial charge in [0, 0.05) is 29.9 Å². The lowest BCUT2D eigenvalue weighted by molar-refractivity contribution is 0.224. The Morgan fingerprint density at radius 1 is 1.19 bits per heavy atom. The van der Waals surface area contributed by atoms with Crippen molar-refractivity contribution >= 4 is 41.5 Å². The van der Waals surface area contributed by atoms with Crippen molar-refractivity contribution in [1.82, 2.24) is 15.2 Å². The Morgan fingerprint density at radius 3 is 2.52 bits per heavy atom. The van der Waals surface area contributed by atoms with Crippen LogP contribution in [0.25, 0.3) is 0 Å². The number of nitrogens with one attached hydrogen (secondary N) is 1. The second kappa shape index (κ2) is 12.9. The molecule has 0 saturated carbocycles. The molecule has 1 unspecified atom stereocenters. The molecule has 2 rings (SSSR count). The molecule has 0 radical (unpaired) electrons. The Bertz CT molecular complexity index is 692. The van der Waals surface area contributed by atoms with Crippen LogP contribution in [0.1, 0.15) is 31.1 Å². The quantitative estimate of drug-likeness (QED) is 0.311. The summed E-state index contributed by atoms with van der Waals surface area (Å²) >= 11 is 6.41. The number of guanidine groups is 1. The maximum Gasteiger partial charge on any atom is 0.188 e. The molecular formula is C20H29ClIN5. The summed E-state index contributed by atoms with van der Waals surface area (Å²) in [5.41, 5.74) is 8.17. The van der Waals surface area contributed by atoms with Crippen LogP contribution in [0, 0.1) is 0 Å². The fourth-order valence-electron chi connectivity index (χ4n) is 2.93. The van der Waals surface area contributed by atoms with Gasteiger partial charge in [-0.2, -0.15) is 0 Å². The lowest BCUT2D eigenvalue weighted by Gasteiger charge is -2.29. The van der Waals surface area contributed by atoms with E-state index in [0.717, 1.165) is 35.8 Å². The van der Waals surface area contributed by atoms with E-state index in [0.29, 0.717) is 19.0 Å². The highest BCUT2D eigenvalue weighted by atomic mass is 127. The molecule has 1 atom stereocenters. The van der Waals surface area contributed by atoms with Crippen LogP contribution >= 0.6 is 35.6 Å². The number of nitrogens with zero attached hydrogens (tertiary/aromatic N) is 3. The van der Waals surface area contributed by atoms with Crippen LogP contribution in [-0.2, 0) is 6.42 Å². The Kier molecular flexibility index (Phi) is 11.3. The van der Waals surface area contributed by atoms with Crippen molar-refractivity contribution in [2.75, 3.05) is 26.2 Å². The lowest BCUT2D eigenvalue weighted by atomic mass is 10.1. The molecule has 0 spiro atoms. The molecule has 3 N–H and O–H groups in total. The Morgan fingerprint density at radius 2 is 1.89 bits per heavy atom. The minimum Gasteiger partial charge on any atom is -0.370 e. The van der Waals surface area contributed by atoms with Crippen molar-refractivity contribution in [3.05, 3.63) is 64.9 Å². The SMILES string of the molecule is CCN(CC)C(CN=C(N)NCCc1ccccn1)c1ccccc1Cl.I. The topological polar surface area (TPSA) is 66.5 Å². The number of hydrogen-bond donors (Lipinski definition) is 2. The van der Waals surface area contributed by atoms with Crippen LogP contribution in [-0.4, -0.2) is 42.0 Å². The Hall–Kier alpha value is -1.38. The summed E-state index contributed by atoms with van der Waals surface area (Å²) in [5, 5.41) is 3.93. The number of benzene rings is 1. The fraction of sp³-hybridized carbons (Fsp3) is 0.400. The summed E-state index contributed by atoms with van der Waals surface area (Å²) in [4.78, 5) is 11.2. The number of hydrogen-bond acceptors (Lipinski definition) is 3. The molecule has 0 fully saturated rings. The minimum atomic E-state index is 0. The summed E-state index contributed by atoms with van der Waals surface area (Å²) in [5.74, 6) is 0.449. The van der Waals surface area contributed by atoms with E-state index in [4.69, 9.17) is 17.3 Å². The van der Waals surface area contributed by atoms with E-state index in [-0.39, 0.29) is 30.0 Å². The Balaban J connectivity index is 0.00000364. The summed E-state index contributed by atoms with van der Waals surface area (Å²) < 4.78 is 0. The molecule has 0 aliphatic carbocycles. The molecule has 1 aromatic carbocycles. The maximum atomic E-state index is 6.41. The van der Waals surface area contributed by atoms with E-state index in [2.05, 4.69) is 40.1 Å². The van der Waals surface area contributed by atoms with Gasteiger partial charge in [0.05, 0.1) is 12.6 Å². The first-order chi connectivity index (χ1) is 12.7. The summed E-state index contributed by atoms with van der Waals surface area (Å²) in [6, 6.07) is 13.9. The van der Waals surface area contributed by atoms with Crippen molar-refractivity contribution in [3.8, 4) is 0 Å². The van der Waals surface area contributed by atoms with E-state index in [9.17, 15) is 0 Å². The van der Waals surface area contributed by atoms with Crippen molar-refractivity contribution in [2.45, 2.75) is 26.3 Å². The molecule has 0 saturated heterocycles. The largest absolute Gasteiger partial charge is 0.370 e. The standard InChI is InChI=1S/C20H28ClN5.HI/c1-3-26(4-2)19(17-10-5-6-11-18(17)21)15-25-20(22)24-14-12-16-9-7-8-13-23-16;/h5-11,13,19H,3-4,12,14-15H2,1-2H3,(H3,22,24,25);1H. The predicted molar refractivity (Wildman–Crippen MR) is 125 cm³/mol. The lowest BCUT2D eigenvalue weighted by Crippen LogP contribution is -2.35.